The third-order valence-corrected chi connectivity index (χ3v) is 3.58. The predicted octanol–water partition coefficient (Wildman–Crippen LogP) is 1.92. The normalized spacial score (nSPS) is 27.8. The van der Waals surface area contributed by atoms with E-state index in [0.717, 1.165) is 6.54 Å². The summed E-state index contributed by atoms with van der Waals surface area (Å²) in [7, 11) is 0. The van der Waals surface area contributed by atoms with Gasteiger partial charge in [-0.3, -0.25) is 5.84 Å². The lowest BCUT2D eigenvalue weighted by atomic mass is 9.69. The number of nitrogens with zero attached hydrogens (tertiary/aromatic N) is 1. The highest BCUT2D eigenvalue weighted by molar-refractivity contribution is 4.96. The van der Waals surface area contributed by atoms with Gasteiger partial charge in [0.15, 0.2) is 0 Å². The number of hydrogen-bond acceptors (Lipinski definition) is 3. The molecule has 0 aromatic heterocycles. The van der Waals surface area contributed by atoms with E-state index in [1.165, 1.54) is 12.8 Å². The summed E-state index contributed by atoms with van der Waals surface area (Å²) in [6, 6.07) is 0. The van der Waals surface area contributed by atoms with Crippen molar-refractivity contribution < 1.29 is 0 Å². The van der Waals surface area contributed by atoms with Gasteiger partial charge in [-0.25, -0.2) is 5.01 Å². The minimum Gasteiger partial charge on any atom is -0.344 e. The van der Waals surface area contributed by atoms with Crippen LogP contribution in [-0.4, -0.2) is 17.1 Å². The molecule has 0 unspecified atom stereocenters. The van der Waals surface area contributed by atoms with Gasteiger partial charge in [-0.05, 0) is 32.1 Å². The van der Waals surface area contributed by atoms with Crippen molar-refractivity contribution in [3.05, 3.63) is 0 Å². The van der Waals surface area contributed by atoms with Crippen LogP contribution in [0.3, 0.4) is 0 Å². The van der Waals surface area contributed by atoms with Gasteiger partial charge in [0, 0.05) is 12.1 Å². The van der Waals surface area contributed by atoms with E-state index in [9.17, 15) is 0 Å². The molecule has 0 aliphatic carbocycles. The minimum atomic E-state index is 0. The highest BCUT2D eigenvalue weighted by Gasteiger charge is 2.42. The van der Waals surface area contributed by atoms with Crippen LogP contribution in [0.5, 0.6) is 0 Å². The molecule has 0 saturated carbocycles. The van der Waals surface area contributed by atoms with Crippen molar-refractivity contribution in [3.63, 3.8) is 0 Å². The zero-order valence-corrected chi connectivity index (χ0v) is 8.85. The van der Waals surface area contributed by atoms with E-state index >= 15 is 0 Å². The van der Waals surface area contributed by atoms with Gasteiger partial charge in [-0.1, -0.05) is 13.8 Å². The van der Waals surface area contributed by atoms with E-state index in [0.29, 0.717) is 5.41 Å². The number of piperidine rings is 1. The lowest BCUT2D eigenvalue weighted by Crippen LogP contribution is -2.60. The Labute approximate surface area is 75.9 Å². The maximum Gasteiger partial charge on any atom is 0.0346 e. The fourth-order valence-electron chi connectivity index (χ4n) is 1.67. The predicted molar refractivity (Wildman–Crippen MR) is 53.0 cm³/mol. The topological polar surface area (TPSA) is 64.3 Å². The van der Waals surface area contributed by atoms with Crippen LogP contribution < -0.4 is 12.0 Å². The molecule has 12 heavy (non-hydrogen) atoms. The Morgan fingerprint density at radius 2 is 1.67 bits per heavy atom. The fraction of sp³-hybridized carbons (Fsp3) is 1.00. The molecule has 1 saturated heterocycles. The Balaban J connectivity index is 0.00000121. The van der Waals surface area contributed by atoms with Crippen molar-refractivity contribution in [2.24, 2.45) is 11.3 Å². The molecule has 0 spiro atoms. The third-order valence-electron chi connectivity index (χ3n) is 3.58. The second kappa shape index (κ2) is 3.32. The summed E-state index contributed by atoms with van der Waals surface area (Å²) >= 11 is 0. The van der Waals surface area contributed by atoms with Crippen LogP contribution in [0.4, 0.5) is 0 Å². The Kier molecular flexibility index (Phi) is 3.29. The summed E-state index contributed by atoms with van der Waals surface area (Å²) < 4.78 is 0. The van der Waals surface area contributed by atoms with E-state index in [4.69, 9.17) is 5.84 Å². The van der Waals surface area contributed by atoms with Crippen molar-refractivity contribution in [1.82, 2.24) is 11.2 Å². The second-order valence-electron chi connectivity index (χ2n) is 4.74. The van der Waals surface area contributed by atoms with Gasteiger partial charge < -0.3 is 6.15 Å². The first-order valence-corrected chi connectivity index (χ1v) is 4.40. The average Bonchev–Trinajstić information content (AvgIpc) is 1.84. The molecular weight excluding hydrogens is 150 g/mol. The minimum absolute atomic E-state index is 0. The van der Waals surface area contributed by atoms with Crippen LogP contribution in [-0.2, 0) is 0 Å². The van der Waals surface area contributed by atoms with Crippen molar-refractivity contribution in [1.29, 1.82) is 0 Å². The van der Waals surface area contributed by atoms with Crippen molar-refractivity contribution >= 4 is 0 Å². The fourth-order valence-corrected chi connectivity index (χ4v) is 1.67. The number of rotatable bonds is 0. The first-order chi connectivity index (χ1) is 4.88. The first-order valence-electron chi connectivity index (χ1n) is 4.40. The van der Waals surface area contributed by atoms with Gasteiger partial charge in [0.1, 0.15) is 0 Å². The quantitative estimate of drug-likeness (QED) is 0.550. The zero-order chi connectivity index (χ0) is 8.70. The monoisotopic (exact) mass is 173 g/mol. The van der Waals surface area contributed by atoms with E-state index in [-0.39, 0.29) is 11.7 Å². The van der Waals surface area contributed by atoms with Crippen molar-refractivity contribution in [2.75, 3.05) is 6.54 Å². The number of hydrazine groups is 1. The Morgan fingerprint density at radius 3 is 2.00 bits per heavy atom. The average molecular weight is 173 g/mol. The van der Waals surface area contributed by atoms with E-state index in [2.05, 4.69) is 27.7 Å². The molecule has 0 bridgehead atoms. The molecule has 1 fully saturated rings. The lowest BCUT2D eigenvalue weighted by Gasteiger charge is -2.51. The number of nitrogens with two attached hydrogens (primary N) is 1. The molecule has 0 atom stereocenters. The summed E-state index contributed by atoms with van der Waals surface area (Å²) in [5.74, 6) is 5.92. The van der Waals surface area contributed by atoms with Gasteiger partial charge >= 0.3 is 0 Å². The number of hydrogen-bond donors (Lipinski definition) is 2. The second-order valence-corrected chi connectivity index (χ2v) is 4.74. The molecule has 0 amide bonds. The standard InChI is InChI=1S/C9H20N2.H3N/c1-8(2)6-5-7-11(10)9(8,3)4;/h5-7,10H2,1-4H3;1H3. The molecule has 1 aliphatic heterocycles. The zero-order valence-electron chi connectivity index (χ0n) is 8.85. The molecule has 3 heteroatoms. The van der Waals surface area contributed by atoms with Gasteiger partial charge in [0.2, 0.25) is 0 Å². The van der Waals surface area contributed by atoms with Crippen LogP contribution in [0.15, 0.2) is 0 Å². The Bertz CT molecular complexity index is 152. The van der Waals surface area contributed by atoms with E-state index < -0.39 is 0 Å². The van der Waals surface area contributed by atoms with Crippen LogP contribution in [0, 0.1) is 5.41 Å². The van der Waals surface area contributed by atoms with Gasteiger partial charge in [-0.2, -0.15) is 0 Å². The summed E-state index contributed by atoms with van der Waals surface area (Å²) in [5.41, 5.74) is 0.491. The van der Waals surface area contributed by atoms with Crippen LogP contribution in [0.25, 0.3) is 0 Å². The van der Waals surface area contributed by atoms with Crippen LogP contribution in [0.1, 0.15) is 40.5 Å². The van der Waals surface area contributed by atoms with Crippen molar-refractivity contribution in [3.8, 4) is 0 Å². The lowest BCUT2D eigenvalue weighted by molar-refractivity contribution is -0.0312. The van der Waals surface area contributed by atoms with Crippen LogP contribution >= 0.6 is 0 Å². The maximum absolute atomic E-state index is 5.92. The summed E-state index contributed by atoms with van der Waals surface area (Å²) in [5, 5.41) is 1.98. The summed E-state index contributed by atoms with van der Waals surface area (Å²) in [6.45, 7) is 10.1. The molecule has 3 nitrogen and oxygen atoms in total. The molecule has 1 heterocycles. The van der Waals surface area contributed by atoms with Crippen molar-refractivity contribution in [2.45, 2.75) is 46.1 Å². The van der Waals surface area contributed by atoms with Gasteiger partial charge in [0.25, 0.3) is 0 Å². The van der Waals surface area contributed by atoms with E-state index in [1.807, 2.05) is 5.01 Å². The molecule has 1 rings (SSSR count). The molecule has 5 N–H and O–H groups in total. The summed E-state index contributed by atoms with van der Waals surface area (Å²) in [6.07, 6.45) is 2.51. The van der Waals surface area contributed by atoms with Gasteiger partial charge in [-0.15, -0.1) is 0 Å². The SMILES string of the molecule is CC1(C)CCCN(N)C1(C)C.N. The third kappa shape index (κ3) is 1.63. The summed E-state index contributed by atoms with van der Waals surface area (Å²) in [4.78, 5) is 0. The van der Waals surface area contributed by atoms with Gasteiger partial charge in [0.05, 0.1) is 0 Å². The smallest absolute Gasteiger partial charge is 0.0346 e. The molecule has 74 valence electrons. The Hall–Kier alpha value is -0.120. The highest BCUT2D eigenvalue weighted by atomic mass is 15.4. The molecular formula is C9H23N3. The highest BCUT2D eigenvalue weighted by Crippen LogP contribution is 2.41. The molecule has 0 aromatic carbocycles. The molecule has 0 radical (unpaired) electrons. The molecule has 0 aromatic rings. The molecule has 1 aliphatic rings. The van der Waals surface area contributed by atoms with Crippen LogP contribution in [0.2, 0.25) is 0 Å². The largest absolute Gasteiger partial charge is 0.344 e. The maximum atomic E-state index is 5.92. The first kappa shape index (κ1) is 11.9. The van der Waals surface area contributed by atoms with E-state index in [1.54, 1.807) is 0 Å². The Morgan fingerprint density at radius 1 is 1.17 bits per heavy atom.